The molecule has 1 aromatic carbocycles. The Morgan fingerprint density at radius 2 is 1.92 bits per heavy atom. The number of aromatic nitrogens is 3. The van der Waals surface area contributed by atoms with Crippen LogP contribution in [-0.2, 0) is 17.0 Å². The zero-order valence-corrected chi connectivity index (χ0v) is 15.9. The monoisotopic (exact) mass is 454 g/mol. The molecule has 0 atom stereocenters. The molecule has 1 aliphatic heterocycles. The summed E-state index contributed by atoms with van der Waals surface area (Å²) in [5.41, 5.74) is 0.374. The molecule has 26 heavy (non-hydrogen) atoms. The lowest BCUT2D eigenvalue weighted by Crippen LogP contribution is -2.38. The summed E-state index contributed by atoms with van der Waals surface area (Å²) in [6.07, 6.45) is -4.42. The van der Waals surface area contributed by atoms with Crippen LogP contribution in [0.3, 0.4) is 0 Å². The third-order valence-electron chi connectivity index (χ3n) is 3.69. The van der Waals surface area contributed by atoms with E-state index in [-0.39, 0.29) is 16.9 Å². The average Bonchev–Trinajstić information content (AvgIpc) is 2.97. The molecule has 1 fully saturated rings. The van der Waals surface area contributed by atoms with Crippen LogP contribution >= 0.6 is 27.7 Å². The van der Waals surface area contributed by atoms with Gasteiger partial charge in [0.25, 0.3) is 0 Å². The molecule has 0 spiro atoms. The first kappa shape index (κ1) is 19.4. The van der Waals surface area contributed by atoms with E-state index in [0.717, 1.165) is 16.3 Å². The van der Waals surface area contributed by atoms with E-state index in [2.05, 4.69) is 26.1 Å². The number of nitrogens with zero attached hydrogens (tertiary/aromatic N) is 4. The highest BCUT2D eigenvalue weighted by Crippen LogP contribution is 2.30. The normalized spacial score (nSPS) is 15.5. The van der Waals surface area contributed by atoms with Gasteiger partial charge in [0.05, 0.1) is 13.2 Å². The summed E-state index contributed by atoms with van der Waals surface area (Å²) in [7, 11) is 0. The predicted molar refractivity (Wildman–Crippen MR) is 92.8 cm³/mol. The number of ether oxygens (including phenoxy) is 1. The molecule has 0 saturated carbocycles. The maximum atomic E-state index is 13.9. The fourth-order valence-corrected chi connectivity index (χ4v) is 3.81. The number of morpholine rings is 1. The molecule has 0 amide bonds. The van der Waals surface area contributed by atoms with Gasteiger partial charge in [-0.1, -0.05) is 27.7 Å². The van der Waals surface area contributed by atoms with Crippen LogP contribution in [0.4, 0.5) is 23.5 Å². The smallest absolute Gasteiger partial charge is 0.378 e. The van der Waals surface area contributed by atoms with Crippen molar-refractivity contribution in [3.05, 3.63) is 34.1 Å². The van der Waals surface area contributed by atoms with Crippen LogP contribution < -0.4 is 4.90 Å². The van der Waals surface area contributed by atoms with E-state index in [1.807, 2.05) is 0 Å². The molecule has 0 aliphatic carbocycles. The molecule has 3 rings (SSSR count). The van der Waals surface area contributed by atoms with E-state index in [9.17, 15) is 17.6 Å². The van der Waals surface area contributed by atoms with Crippen molar-refractivity contribution in [3.8, 4) is 0 Å². The molecule has 142 valence electrons. The number of benzene rings is 1. The van der Waals surface area contributed by atoms with Crippen molar-refractivity contribution >= 4 is 33.6 Å². The van der Waals surface area contributed by atoms with Gasteiger partial charge in [-0.2, -0.15) is 13.2 Å². The van der Waals surface area contributed by atoms with Crippen LogP contribution in [0.15, 0.2) is 27.8 Å². The van der Waals surface area contributed by atoms with Gasteiger partial charge in [0.15, 0.2) is 5.16 Å². The Bertz CT molecular complexity index is 765. The highest BCUT2D eigenvalue weighted by molar-refractivity contribution is 9.10. The van der Waals surface area contributed by atoms with Gasteiger partial charge >= 0.3 is 6.18 Å². The topological polar surface area (TPSA) is 43.2 Å². The summed E-state index contributed by atoms with van der Waals surface area (Å²) >= 11 is 4.28. The number of thioether (sulfide) groups is 1. The van der Waals surface area contributed by atoms with E-state index < -0.39 is 18.5 Å². The van der Waals surface area contributed by atoms with Gasteiger partial charge in [-0.15, -0.1) is 10.2 Å². The van der Waals surface area contributed by atoms with Crippen LogP contribution in [0, 0.1) is 5.82 Å². The van der Waals surface area contributed by atoms with Crippen molar-refractivity contribution < 1.29 is 22.3 Å². The largest absolute Gasteiger partial charge is 0.406 e. The Labute approximate surface area is 159 Å². The Kier molecular flexibility index (Phi) is 6.08. The summed E-state index contributed by atoms with van der Waals surface area (Å²) in [5, 5.41) is 7.94. The lowest BCUT2D eigenvalue weighted by atomic mass is 10.2. The van der Waals surface area contributed by atoms with Crippen LogP contribution in [-0.4, -0.2) is 47.2 Å². The van der Waals surface area contributed by atoms with Crippen molar-refractivity contribution in [3.63, 3.8) is 0 Å². The third-order valence-corrected chi connectivity index (χ3v) is 5.20. The van der Waals surface area contributed by atoms with E-state index in [0.29, 0.717) is 36.3 Å². The molecular formula is C15H15BrF4N4OS. The van der Waals surface area contributed by atoms with E-state index >= 15 is 0 Å². The first-order valence-electron chi connectivity index (χ1n) is 7.73. The van der Waals surface area contributed by atoms with Gasteiger partial charge in [0.1, 0.15) is 12.4 Å². The Hall–Kier alpha value is -1.33. The van der Waals surface area contributed by atoms with Crippen molar-refractivity contribution in [2.24, 2.45) is 0 Å². The molecule has 5 nitrogen and oxygen atoms in total. The second kappa shape index (κ2) is 8.13. The Morgan fingerprint density at radius 3 is 2.62 bits per heavy atom. The van der Waals surface area contributed by atoms with E-state index in [1.165, 1.54) is 6.07 Å². The van der Waals surface area contributed by atoms with Crippen molar-refractivity contribution in [1.29, 1.82) is 0 Å². The minimum Gasteiger partial charge on any atom is -0.378 e. The zero-order chi connectivity index (χ0) is 18.7. The second-order valence-corrected chi connectivity index (χ2v) is 7.47. The van der Waals surface area contributed by atoms with Crippen LogP contribution in [0.5, 0.6) is 0 Å². The van der Waals surface area contributed by atoms with Gasteiger partial charge < -0.3 is 9.64 Å². The van der Waals surface area contributed by atoms with E-state index in [1.54, 1.807) is 17.0 Å². The number of halogens is 5. The lowest BCUT2D eigenvalue weighted by molar-refractivity contribution is -0.141. The Morgan fingerprint density at radius 1 is 1.19 bits per heavy atom. The number of alkyl halides is 3. The molecule has 0 radical (unpaired) electrons. The van der Waals surface area contributed by atoms with Crippen molar-refractivity contribution in [1.82, 2.24) is 14.8 Å². The minimum absolute atomic E-state index is 0.100. The van der Waals surface area contributed by atoms with Crippen LogP contribution in [0.25, 0.3) is 0 Å². The first-order valence-corrected chi connectivity index (χ1v) is 9.51. The van der Waals surface area contributed by atoms with Gasteiger partial charge in [0, 0.05) is 23.3 Å². The maximum Gasteiger partial charge on any atom is 0.406 e. The quantitative estimate of drug-likeness (QED) is 0.506. The second-order valence-electron chi connectivity index (χ2n) is 5.61. The van der Waals surface area contributed by atoms with Gasteiger partial charge in [-0.05, 0) is 23.8 Å². The third kappa shape index (κ3) is 4.89. The molecule has 1 aliphatic rings. The summed E-state index contributed by atoms with van der Waals surface area (Å²) in [4.78, 5) is 1.71. The number of anilines is 1. The highest BCUT2D eigenvalue weighted by atomic mass is 79.9. The first-order chi connectivity index (χ1) is 12.3. The molecule has 11 heteroatoms. The fourth-order valence-electron chi connectivity index (χ4n) is 2.50. The van der Waals surface area contributed by atoms with Gasteiger partial charge in [0.2, 0.25) is 5.95 Å². The Balaban J connectivity index is 1.83. The summed E-state index contributed by atoms with van der Waals surface area (Å²) in [6, 6.07) is 4.46. The average molecular weight is 455 g/mol. The van der Waals surface area contributed by atoms with Crippen molar-refractivity contribution in [2.75, 3.05) is 31.2 Å². The summed E-state index contributed by atoms with van der Waals surface area (Å²) < 4.78 is 59.9. The number of rotatable bonds is 5. The van der Waals surface area contributed by atoms with Gasteiger partial charge in [-0.3, -0.25) is 4.57 Å². The van der Waals surface area contributed by atoms with Crippen LogP contribution in [0.2, 0.25) is 0 Å². The summed E-state index contributed by atoms with van der Waals surface area (Å²) in [6.45, 7) is 0.535. The molecule has 1 saturated heterocycles. The SMILES string of the molecule is Fc1ccc(Br)cc1CSc1nnc(N2CCOCC2)n1CC(F)(F)F. The number of hydrogen-bond acceptors (Lipinski definition) is 5. The summed E-state index contributed by atoms with van der Waals surface area (Å²) in [5.74, 6) is -0.122. The lowest BCUT2D eigenvalue weighted by Gasteiger charge is -2.28. The molecule has 2 aromatic rings. The molecule has 0 unspecified atom stereocenters. The predicted octanol–water partition coefficient (Wildman–Crippen LogP) is 3.87. The molecule has 2 heterocycles. The molecular weight excluding hydrogens is 440 g/mol. The maximum absolute atomic E-state index is 13.9. The highest BCUT2D eigenvalue weighted by Gasteiger charge is 2.32. The van der Waals surface area contributed by atoms with Gasteiger partial charge in [-0.25, -0.2) is 4.39 Å². The zero-order valence-electron chi connectivity index (χ0n) is 13.5. The standard InChI is InChI=1S/C15H15BrF4N4OS/c16-11-1-2-12(17)10(7-11)8-26-14-22-21-13(23-3-5-25-6-4-23)24(14)9-15(18,19)20/h1-2,7H,3-6,8-9H2. The minimum atomic E-state index is -4.42. The van der Waals surface area contributed by atoms with Crippen LogP contribution in [0.1, 0.15) is 5.56 Å². The number of hydrogen-bond donors (Lipinski definition) is 0. The molecule has 0 bridgehead atoms. The molecule has 1 aromatic heterocycles. The van der Waals surface area contributed by atoms with E-state index in [4.69, 9.17) is 4.74 Å². The molecule has 0 N–H and O–H groups in total. The fraction of sp³-hybridized carbons (Fsp3) is 0.467. The van der Waals surface area contributed by atoms with Crippen molar-refractivity contribution in [2.45, 2.75) is 23.6 Å².